The second-order valence-electron chi connectivity index (χ2n) is 3.82. The van der Waals surface area contributed by atoms with Gasteiger partial charge in [-0.15, -0.1) is 0 Å². The molecule has 15 heavy (non-hydrogen) atoms. The van der Waals surface area contributed by atoms with Crippen molar-refractivity contribution in [3.63, 3.8) is 0 Å². The molecule has 3 rings (SSSR count). The monoisotopic (exact) mass is 205 g/mol. The molecular formula is C10H11N3O2. The average Bonchev–Trinajstić information content (AvgIpc) is 2.60. The van der Waals surface area contributed by atoms with E-state index in [1.807, 2.05) is 12.1 Å². The summed E-state index contributed by atoms with van der Waals surface area (Å²) in [6, 6.07) is 3.67. The second kappa shape index (κ2) is 3.01. The van der Waals surface area contributed by atoms with E-state index in [-0.39, 0.29) is 5.41 Å². The third-order valence-electron chi connectivity index (χ3n) is 2.77. The van der Waals surface area contributed by atoms with Gasteiger partial charge in [-0.2, -0.15) is 4.98 Å². The van der Waals surface area contributed by atoms with Crippen molar-refractivity contribution in [3.8, 4) is 0 Å². The number of aromatic nitrogens is 2. The largest absolute Gasteiger partial charge is 0.438 e. The molecule has 0 unspecified atom stereocenters. The summed E-state index contributed by atoms with van der Waals surface area (Å²) in [5.41, 5.74) is 6.82. The fourth-order valence-electron chi connectivity index (χ4n) is 1.67. The molecule has 2 aromatic heterocycles. The maximum Gasteiger partial charge on any atom is 0.209 e. The van der Waals surface area contributed by atoms with Crippen LogP contribution in [0.15, 0.2) is 22.7 Å². The van der Waals surface area contributed by atoms with Crippen molar-refractivity contribution in [1.29, 1.82) is 0 Å². The van der Waals surface area contributed by atoms with E-state index in [1.54, 1.807) is 6.20 Å². The summed E-state index contributed by atoms with van der Waals surface area (Å²) in [5.74, 6) is 0.643. The molecule has 0 radical (unpaired) electrons. The highest BCUT2D eigenvalue weighted by molar-refractivity contribution is 5.67. The Labute approximate surface area is 86.3 Å². The summed E-state index contributed by atoms with van der Waals surface area (Å²) < 4.78 is 10.8. The predicted molar refractivity (Wildman–Crippen MR) is 53.4 cm³/mol. The third-order valence-corrected chi connectivity index (χ3v) is 2.77. The molecule has 1 aliphatic heterocycles. The van der Waals surface area contributed by atoms with Gasteiger partial charge in [-0.25, -0.2) is 4.98 Å². The van der Waals surface area contributed by atoms with Crippen LogP contribution in [0.3, 0.4) is 0 Å². The molecule has 0 bridgehead atoms. The summed E-state index contributed by atoms with van der Waals surface area (Å²) in [7, 11) is 0. The smallest absolute Gasteiger partial charge is 0.209 e. The molecule has 2 aromatic rings. The van der Waals surface area contributed by atoms with E-state index >= 15 is 0 Å². The average molecular weight is 205 g/mol. The summed E-state index contributed by atoms with van der Waals surface area (Å²) in [5, 5.41) is 0. The molecule has 5 nitrogen and oxygen atoms in total. The van der Waals surface area contributed by atoms with Crippen molar-refractivity contribution < 1.29 is 9.15 Å². The number of fused-ring (bicyclic) bond motifs is 1. The van der Waals surface area contributed by atoms with Crippen LogP contribution in [0.1, 0.15) is 5.89 Å². The summed E-state index contributed by atoms with van der Waals surface area (Å²) >= 11 is 0. The lowest BCUT2D eigenvalue weighted by Gasteiger charge is -2.37. The van der Waals surface area contributed by atoms with Crippen LogP contribution in [0, 0.1) is 0 Å². The Hall–Kier alpha value is -1.46. The fraction of sp³-hybridized carbons (Fsp3) is 0.400. The Balaban J connectivity index is 2.11. The number of pyridine rings is 1. The van der Waals surface area contributed by atoms with Crippen LogP contribution in [0.5, 0.6) is 0 Å². The maximum absolute atomic E-state index is 5.72. The normalized spacial score (nSPS) is 19.0. The van der Waals surface area contributed by atoms with Crippen molar-refractivity contribution in [2.24, 2.45) is 5.73 Å². The van der Waals surface area contributed by atoms with Crippen LogP contribution in [-0.4, -0.2) is 29.7 Å². The van der Waals surface area contributed by atoms with E-state index in [9.17, 15) is 0 Å². The number of hydrogen-bond acceptors (Lipinski definition) is 5. The Kier molecular flexibility index (Phi) is 1.77. The molecule has 0 saturated carbocycles. The lowest BCUT2D eigenvalue weighted by molar-refractivity contribution is -0.0668. The van der Waals surface area contributed by atoms with Crippen LogP contribution >= 0.6 is 0 Å². The van der Waals surface area contributed by atoms with Crippen molar-refractivity contribution in [2.45, 2.75) is 5.41 Å². The Bertz CT molecular complexity index is 452. The number of nitrogens with two attached hydrogens (primary N) is 1. The Morgan fingerprint density at radius 2 is 2.33 bits per heavy atom. The van der Waals surface area contributed by atoms with Crippen molar-refractivity contribution in [3.05, 3.63) is 24.2 Å². The van der Waals surface area contributed by atoms with Crippen molar-refractivity contribution >= 4 is 11.2 Å². The zero-order valence-corrected chi connectivity index (χ0v) is 8.14. The molecule has 1 saturated heterocycles. The molecule has 0 aromatic carbocycles. The van der Waals surface area contributed by atoms with Gasteiger partial charge < -0.3 is 14.9 Å². The first-order valence-electron chi connectivity index (χ1n) is 4.84. The van der Waals surface area contributed by atoms with Gasteiger partial charge in [0.05, 0.1) is 13.2 Å². The molecular weight excluding hydrogens is 194 g/mol. The standard InChI is InChI=1S/C10H11N3O2/c11-4-10(5-14-6-10)9-13-8-7(15-9)2-1-3-12-8/h1-3H,4-6,11H2. The molecule has 2 N–H and O–H groups in total. The highest BCUT2D eigenvalue weighted by Gasteiger charge is 2.43. The summed E-state index contributed by atoms with van der Waals surface area (Å²) in [6.07, 6.45) is 1.70. The van der Waals surface area contributed by atoms with Gasteiger partial charge in [-0.1, -0.05) is 0 Å². The number of nitrogens with zero attached hydrogens (tertiary/aromatic N) is 2. The topological polar surface area (TPSA) is 74.2 Å². The minimum atomic E-state index is -0.235. The van der Waals surface area contributed by atoms with Gasteiger partial charge in [0.25, 0.3) is 0 Å². The summed E-state index contributed by atoms with van der Waals surface area (Å²) in [6.45, 7) is 1.65. The van der Waals surface area contributed by atoms with E-state index in [1.165, 1.54) is 0 Å². The van der Waals surface area contributed by atoms with Gasteiger partial charge in [-0.05, 0) is 12.1 Å². The van der Waals surface area contributed by atoms with E-state index in [0.29, 0.717) is 36.9 Å². The molecule has 3 heterocycles. The van der Waals surface area contributed by atoms with E-state index < -0.39 is 0 Å². The Morgan fingerprint density at radius 1 is 1.47 bits per heavy atom. The zero-order valence-electron chi connectivity index (χ0n) is 8.14. The molecule has 0 amide bonds. The molecule has 78 valence electrons. The fourth-order valence-corrected chi connectivity index (χ4v) is 1.67. The Morgan fingerprint density at radius 3 is 2.93 bits per heavy atom. The van der Waals surface area contributed by atoms with Crippen molar-refractivity contribution in [2.75, 3.05) is 19.8 Å². The number of hydrogen-bond donors (Lipinski definition) is 1. The highest BCUT2D eigenvalue weighted by atomic mass is 16.5. The molecule has 5 heteroatoms. The van der Waals surface area contributed by atoms with Crippen molar-refractivity contribution in [1.82, 2.24) is 9.97 Å². The van der Waals surface area contributed by atoms with Crippen LogP contribution in [0.2, 0.25) is 0 Å². The van der Waals surface area contributed by atoms with Gasteiger partial charge in [0.2, 0.25) is 5.89 Å². The van der Waals surface area contributed by atoms with Crippen LogP contribution < -0.4 is 5.73 Å². The van der Waals surface area contributed by atoms with Crippen LogP contribution in [0.25, 0.3) is 11.2 Å². The molecule has 1 aliphatic rings. The molecule has 0 aliphatic carbocycles. The molecule has 1 fully saturated rings. The van der Waals surface area contributed by atoms with E-state index in [2.05, 4.69) is 9.97 Å². The summed E-state index contributed by atoms with van der Waals surface area (Å²) in [4.78, 5) is 8.46. The van der Waals surface area contributed by atoms with Gasteiger partial charge in [0.15, 0.2) is 11.2 Å². The first-order chi connectivity index (χ1) is 7.34. The number of oxazole rings is 1. The number of rotatable bonds is 2. The predicted octanol–water partition coefficient (Wildman–Crippen LogP) is 0.449. The SMILES string of the molecule is NCC1(c2nc3ncccc3o2)COC1. The lowest BCUT2D eigenvalue weighted by atomic mass is 9.86. The first-order valence-corrected chi connectivity index (χ1v) is 4.84. The van der Waals surface area contributed by atoms with Crippen LogP contribution in [-0.2, 0) is 10.2 Å². The maximum atomic E-state index is 5.72. The van der Waals surface area contributed by atoms with E-state index in [4.69, 9.17) is 14.9 Å². The lowest BCUT2D eigenvalue weighted by Crippen LogP contribution is -2.52. The number of ether oxygens (including phenoxy) is 1. The molecule has 0 atom stereocenters. The van der Waals surface area contributed by atoms with Gasteiger partial charge >= 0.3 is 0 Å². The van der Waals surface area contributed by atoms with Gasteiger partial charge in [0, 0.05) is 12.7 Å². The van der Waals surface area contributed by atoms with Gasteiger partial charge in [-0.3, -0.25) is 0 Å². The molecule has 0 spiro atoms. The second-order valence-corrected chi connectivity index (χ2v) is 3.82. The quantitative estimate of drug-likeness (QED) is 0.770. The minimum absolute atomic E-state index is 0.235. The van der Waals surface area contributed by atoms with E-state index in [0.717, 1.165) is 0 Å². The highest BCUT2D eigenvalue weighted by Crippen LogP contribution is 2.32. The third kappa shape index (κ3) is 1.17. The zero-order chi connectivity index (χ0) is 10.3. The minimum Gasteiger partial charge on any atom is -0.438 e. The van der Waals surface area contributed by atoms with Crippen LogP contribution in [0.4, 0.5) is 0 Å². The first kappa shape index (κ1) is 8.82. The van der Waals surface area contributed by atoms with Gasteiger partial charge in [0.1, 0.15) is 5.41 Å².